The van der Waals surface area contributed by atoms with E-state index < -0.39 is 0 Å². The van der Waals surface area contributed by atoms with E-state index in [1.54, 1.807) is 6.33 Å². The first-order valence-electron chi connectivity index (χ1n) is 7.78. The van der Waals surface area contributed by atoms with Crippen LogP contribution in [0.2, 0.25) is 0 Å². The molecule has 1 aromatic rings. The molecular formula is C14H28N6O. The van der Waals surface area contributed by atoms with E-state index in [0.717, 1.165) is 64.0 Å². The number of rotatable bonds is 10. The highest BCUT2D eigenvalue weighted by Crippen LogP contribution is 1.94. The van der Waals surface area contributed by atoms with E-state index in [0.29, 0.717) is 0 Å². The number of hydrogen-bond acceptors (Lipinski definition) is 4. The molecule has 1 aromatic heterocycles. The van der Waals surface area contributed by atoms with Crippen LogP contribution in [0.25, 0.3) is 0 Å². The zero-order chi connectivity index (χ0) is 15.3. The number of aliphatic imine (C=N–C) groups is 1. The van der Waals surface area contributed by atoms with Crippen molar-refractivity contribution in [3.63, 3.8) is 0 Å². The molecule has 0 fully saturated rings. The molecule has 21 heavy (non-hydrogen) atoms. The fourth-order valence-electron chi connectivity index (χ4n) is 1.88. The van der Waals surface area contributed by atoms with Gasteiger partial charge in [-0.3, -0.25) is 4.99 Å². The molecule has 0 atom stereocenters. The molecule has 0 amide bonds. The summed E-state index contributed by atoms with van der Waals surface area (Å²) in [5.74, 6) is 1.86. The van der Waals surface area contributed by atoms with Crippen LogP contribution in [0.4, 0.5) is 0 Å². The Hall–Kier alpha value is -1.63. The molecule has 0 saturated carbocycles. The molecule has 2 N–H and O–H groups in total. The Morgan fingerprint density at radius 1 is 1.33 bits per heavy atom. The molecule has 1 rings (SSSR count). The second-order valence-electron chi connectivity index (χ2n) is 4.53. The lowest BCUT2D eigenvalue weighted by Gasteiger charge is -2.12. The summed E-state index contributed by atoms with van der Waals surface area (Å²) in [6.07, 6.45) is 3.61. The lowest BCUT2D eigenvalue weighted by Crippen LogP contribution is -2.39. The normalized spacial score (nSPS) is 11.7. The van der Waals surface area contributed by atoms with Crippen molar-refractivity contribution in [2.45, 2.75) is 40.2 Å². The fraction of sp³-hybridized carbons (Fsp3) is 0.786. The van der Waals surface area contributed by atoms with E-state index >= 15 is 0 Å². The predicted octanol–water partition coefficient (Wildman–Crippen LogP) is 0.822. The highest BCUT2D eigenvalue weighted by Gasteiger charge is 2.02. The SMILES string of the molecule is CCNC(=NCCCOCC)NCCn1cnnc1CC. The van der Waals surface area contributed by atoms with Crippen molar-refractivity contribution in [2.24, 2.45) is 4.99 Å². The smallest absolute Gasteiger partial charge is 0.191 e. The summed E-state index contributed by atoms with van der Waals surface area (Å²) < 4.78 is 7.36. The number of guanidine groups is 1. The Morgan fingerprint density at radius 3 is 2.90 bits per heavy atom. The number of ether oxygens (including phenoxy) is 1. The Bertz CT molecular complexity index is 404. The van der Waals surface area contributed by atoms with Crippen LogP contribution < -0.4 is 10.6 Å². The molecule has 0 saturated heterocycles. The molecule has 0 aliphatic carbocycles. The lowest BCUT2D eigenvalue weighted by molar-refractivity contribution is 0.146. The monoisotopic (exact) mass is 296 g/mol. The molecule has 0 aromatic carbocycles. The minimum atomic E-state index is 0.764. The maximum absolute atomic E-state index is 5.30. The van der Waals surface area contributed by atoms with Crippen molar-refractivity contribution in [1.82, 2.24) is 25.4 Å². The van der Waals surface area contributed by atoms with Gasteiger partial charge in [0.1, 0.15) is 12.2 Å². The largest absolute Gasteiger partial charge is 0.382 e. The van der Waals surface area contributed by atoms with Crippen molar-refractivity contribution in [1.29, 1.82) is 0 Å². The van der Waals surface area contributed by atoms with E-state index in [1.165, 1.54) is 0 Å². The summed E-state index contributed by atoms with van der Waals surface area (Å²) in [5.41, 5.74) is 0. The minimum absolute atomic E-state index is 0.764. The van der Waals surface area contributed by atoms with Crippen LogP contribution in [0.1, 0.15) is 33.0 Å². The summed E-state index contributed by atoms with van der Waals surface area (Å²) in [5, 5.41) is 14.6. The quantitative estimate of drug-likeness (QED) is 0.380. The topological polar surface area (TPSA) is 76.4 Å². The maximum Gasteiger partial charge on any atom is 0.191 e. The molecule has 0 unspecified atom stereocenters. The van der Waals surface area contributed by atoms with Gasteiger partial charge in [-0.05, 0) is 20.3 Å². The van der Waals surface area contributed by atoms with Gasteiger partial charge in [0, 0.05) is 45.8 Å². The minimum Gasteiger partial charge on any atom is -0.382 e. The molecule has 0 aliphatic rings. The van der Waals surface area contributed by atoms with Crippen LogP contribution >= 0.6 is 0 Å². The fourth-order valence-corrected chi connectivity index (χ4v) is 1.88. The average Bonchev–Trinajstić information content (AvgIpc) is 2.94. The molecule has 1 heterocycles. The summed E-state index contributed by atoms with van der Waals surface area (Å²) in [7, 11) is 0. The molecule has 0 spiro atoms. The molecule has 0 radical (unpaired) electrons. The number of aromatic nitrogens is 3. The van der Waals surface area contributed by atoms with Gasteiger partial charge in [0.25, 0.3) is 0 Å². The third kappa shape index (κ3) is 7.08. The zero-order valence-corrected chi connectivity index (χ0v) is 13.4. The van der Waals surface area contributed by atoms with Crippen LogP contribution in [-0.4, -0.2) is 53.6 Å². The van der Waals surface area contributed by atoms with Gasteiger partial charge in [0.05, 0.1) is 0 Å². The van der Waals surface area contributed by atoms with Crippen LogP contribution in [0, 0.1) is 0 Å². The highest BCUT2D eigenvalue weighted by atomic mass is 16.5. The summed E-state index contributed by atoms with van der Waals surface area (Å²) in [6.45, 7) is 10.9. The van der Waals surface area contributed by atoms with Crippen molar-refractivity contribution in [3.8, 4) is 0 Å². The van der Waals surface area contributed by atoms with Crippen LogP contribution in [-0.2, 0) is 17.7 Å². The Balaban J connectivity index is 2.31. The zero-order valence-electron chi connectivity index (χ0n) is 13.4. The standard InChI is InChI=1S/C14H28N6O/c1-4-13-19-18-12-20(13)10-9-17-14(15-5-2)16-8-7-11-21-6-3/h12H,4-11H2,1-3H3,(H2,15,16,17). The first-order chi connectivity index (χ1) is 10.3. The van der Waals surface area contributed by atoms with Crippen LogP contribution in [0.3, 0.4) is 0 Å². The van der Waals surface area contributed by atoms with Crippen LogP contribution in [0.5, 0.6) is 0 Å². The summed E-state index contributed by atoms with van der Waals surface area (Å²) >= 11 is 0. The van der Waals surface area contributed by atoms with E-state index in [9.17, 15) is 0 Å². The molecule has 120 valence electrons. The Morgan fingerprint density at radius 2 is 2.19 bits per heavy atom. The molecule has 0 aliphatic heterocycles. The highest BCUT2D eigenvalue weighted by molar-refractivity contribution is 5.79. The van der Waals surface area contributed by atoms with E-state index in [2.05, 4.69) is 44.2 Å². The Labute approximate surface area is 127 Å². The van der Waals surface area contributed by atoms with Crippen molar-refractivity contribution in [2.75, 3.05) is 32.8 Å². The van der Waals surface area contributed by atoms with Gasteiger partial charge in [0.2, 0.25) is 0 Å². The van der Waals surface area contributed by atoms with Gasteiger partial charge in [-0.1, -0.05) is 6.92 Å². The second-order valence-corrected chi connectivity index (χ2v) is 4.53. The second kappa shape index (κ2) is 11.1. The lowest BCUT2D eigenvalue weighted by atomic mass is 10.4. The van der Waals surface area contributed by atoms with Gasteiger partial charge in [-0.25, -0.2) is 0 Å². The van der Waals surface area contributed by atoms with Crippen LogP contribution in [0.15, 0.2) is 11.3 Å². The molecule has 7 nitrogen and oxygen atoms in total. The van der Waals surface area contributed by atoms with Crippen molar-refractivity contribution < 1.29 is 4.74 Å². The number of nitrogens with one attached hydrogen (secondary N) is 2. The third-order valence-electron chi connectivity index (χ3n) is 2.92. The van der Waals surface area contributed by atoms with Gasteiger partial charge in [-0.2, -0.15) is 0 Å². The molecule has 0 bridgehead atoms. The number of nitrogens with zero attached hydrogens (tertiary/aromatic N) is 4. The van der Waals surface area contributed by atoms with Gasteiger partial charge < -0.3 is 19.9 Å². The van der Waals surface area contributed by atoms with Crippen molar-refractivity contribution in [3.05, 3.63) is 12.2 Å². The third-order valence-corrected chi connectivity index (χ3v) is 2.92. The van der Waals surface area contributed by atoms with Gasteiger partial charge in [0.15, 0.2) is 5.96 Å². The Kier molecular flexibility index (Phi) is 9.19. The summed E-state index contributed by atoms with van der Waals surface area (Å²) in [4.78, 5) is 4.52. The van der Waals surface area contributed by atoms with E-state index in [4.69, 9.17) is 4.74 Å². The average molecular weight is 296 g/mol. The van der Waals surface area contributed by atoms with E-state index in [1.807, 2.05) is 6.92 Å². The first-order valence-corrected chi connectivity index (χ1v) is 7.78. The first kappa shape index (κ1) is 17.4. The maximum atomic E-state index is 5.30. The molecule has 7 heteroatoms. The number of hydrogen-bond donors (Lipinski definition) is 2. The van der Waals surface area contributed by atoms with Crippen molar-refractivity contribution >= 4 is 5.96 Å². The predicted molar refractivity (Wildman–Crippen MR) is 84.5 cm³/mol. The number of aryl methyl sites for hydroxylation is 1. The summed E-state index contributed by atoms with van der Waals surface area (Å²) in [6, 6.07) is 0. The molecular weight excluding hydrogens is 268 g/mol. The van der Waals surface area contributed by atoms with E-state index in [-0.39, 0.29) is 0 Å². The van der Waals surface area contributed by atoms with Gasteiger partial charge in [-0.15, -0.1) is 10.2 Å². The van der Waals surface area contributed by atoms with Gasteiger partial charge >= 0.3 is 0 Å².